The van der Waals surface area contributed by atoms with Crippen molar-refractivity contribution < 1.29 is 73.5 Å². The van der Waals surface area contributed by atoms with E-state index >= 15 is 0 Å². The Balaban J connectivity index is 0. The summed E-state index contributed by atoms with van der Waals surface area (Å²) in [5.74, 6) is 0. The maximum absolute atomic E-state index is 10.3. The first-order valence-electron chi connectivity index (χ1n) is 3.33. The Morgan fingerprint density at radius 1 is 1.14 bits per heavy atom. The molecule has 0 aliphatic carbocycles. The van der Waals surface area contributed by atoms with Gasteiger partial charge in [0.05, 0.1) is 0 Å². The molecule has 0 spiro atoms. The molecule has 0 heterocycles. The first-order valence-corrected chi connectivity index (χ1v) is 5.06. The van der Waals surface area contributed by atoms with E-state index in [0.717, 1.165) is 0 Å². The molecule has 0 unspecified atom stereocenters. The minimum atomic E-state index is -4.44. The van der Waals surface area contributed by atoms with Gasteiger partial charge in [-0.05, 0) is 17.7 Å². The molecule has 0 bridgehead atoms. The van der Waals surface area contributed by atoms with Gasteiger partial charge in [0, 0.05) is 11.8 Å². The summed E-state index contributed by atoms with van der Waals surface area (Å²) < 4.78 is 10.3. The van der Waals surface area contributed by atoms with Crippen LogP contribution < -0.4 is 74.6 Å². The molecule has 1 aromatic rings. The molecular weight excluding hydrogens is 223 g/mol. The second-order valence-electron chi connectivity index (χ2n) is 2.51. The maximum Gasteiger partial charge on any atom is 1.00 e. The number of anilines is 1. The van der Waals surface area contributed by atoms with Crippen molar-refractivity contribution in [2.45, 2.75) is 6.16 Å². The summed E-state index contributed by atoms with van der Waals surface area (Å²) >= 11 is 0. The van der Waals surface area contributed by atoms with Gasteiger partial charge in [-0.1, -0.05) is 19.7 Å². The van der Waals surface area contributed by atoms with Gasteiger partial charge in [-0.25, -0.2) is 0 Å². The van der Waals surface area contributed by atoms with Gasteiger partial charge in [0.15, 0.2) is 0 Å². The van der Waals surface area contributed by atoms with Gasteiger partial charge in [0.1, 0.15) is 0 Å². The molecule has 1 rings (SSSR count). The molecular formula is C7H8NNa2O3P. The van der Waals surface area contributed by atoms with E-state index in [1.54, 1.807) is 12.1 Å². The molecule has 0 fully saturated rings. The minimum absolute atomic E-state index is 0. The smallest absolute Gasteiger partial charge is 0.810 e. The van der Waals surface area contributed by atoms with Gasteiger partial charge in [-0.3, -0.25) is 0 Å². The number of rotatable bonds is 2. The summed E-state index contributed by atoms with van der Waals surface area (Å²) in [5, 5.41) is 0. The topological polar surface area (TPSA) is 89.2 Å². The Kier molecular flexibility index (Phi) is 9.34. The normalized spacial score (nSPS) is 9.86. The Bertz CT molecular complexity index is 311. The SMILES string of the molecule is Nc1ccc(CP(=O)([O-])[O-])cc1.[Na+].[Na+]. The number of nitrogen functional groups attached to an aromatic ring is 1. The third-order valence-electron chi connectivity index (χ3n) is 1.36. The zero-order valence-electron chi connectivity index (χ0n) is 8.27. The zero-order valence-corrected chi connectivity index (χ0v) is 13.2. The fourth-order valence-electron chi connectivity index (χ4n) is 0.847. The van der Waals surface area contributed by atoms with Crippen LogP contribution in [0.3, 0.4) is 0 Å². The monoisotopic (exact) mass is 231 g/mol. The Morgan fingerprint density at radius 3 is 1.93 bits per heavy atom. The van der Waals surface area contributed by atoms with Crippen LogP contribution in [-0.4, -0.2) is 0 Å². The number of hydrogen-bond donors (Lipinski definition) is 1. The van der Waals surface area contributed by atoms with Gasteiger partial charge in [0.25, 0.3) is 0 Å². The van der Waals surface area contributed by atoms with Gasteiger partial charge in [-0.15, -0.1) is 0 Å². The van der Waals surface area contributed by atoms with E-state index in [1.807, 2.05) is 0 Å². The van der Waals surface area contributed by atoms with Crippen LogP contribution in [0.1, 0.15) is 5.56 Å². The van der Waals surface area contributed by atoms with E-state index in [0.29, 0.717) is 11.3 Å². The van der Waals surface area contributed by atoms with E-state index in [1.165, 1.54) is 12.1 Å². The second-order valence-corrected chi connectivity index (χ2v) is 4.05. The van der Waals surface area contributed by atoms with Crippen LogP contribution in [0.25, 0.3) is 0 Å². The van der Waals surface area contributed by atoms with Crippen molar-refractivity contribution in [1.82, 2.24) is 0 Å². The fraction of sp³-hybridized carbons (Fsp3) is 0.143. The molecule has 0 saturated heterocycles. The number of hydrogen-bond acceptors (Lipinski definition) is 4. The average molecular weight is 231 g/mol. The summed E-state index contributed by atoms with van der Waals surface area (Å²) in [6.45, 7) is 0. The van der Waals surface area contributed by atoms with Crippen LogP contribution in [-0.2, 0) is 10.7 Å². The molecule has 0 amide bonds. The van der Waals surface area contributed by atoms with E-state index < -0.39 is 13.8 Å². The van der Waals surface area contributed by atoms with Crippen LogP contribution in [0.15, 0.2) is 24.3 Å². The Labute approximate surface area is 127 Å². The summed E-state index contributed by atoms with van der Waals surface area (Å²) in [5.41, 5.74) is 6.38. The van der Waals surface area contributed by atoms with Crippen molar-refractivity contribution in [3.63, 3.8) is 0 Å². The fourth-order valence-corrected chi connectivity index (χ4v) is 1.50. The second kappa shape index (κ2) is 7.44. The molecule has 66 valence electrons. The third-order valence-corrected chi connectivity index (χ3v) is 2.11. The predicted octanol–water partition coefficient (Wildman–Crippen LogP) is -6.31. The van der Waals surface area contributed by atoms with Crippen LogP contribution in [0.5, 0.6) is 0 Å². The Hall–Kier alpha value is 1.17. The summed E-state index contributed by atoms with van der Waals surface area (Å²) in [7, 11) is -4.44. The van der Waals surface area contributed by atoms with E-state index in [9.17, 15) is 14.4 Å². The molecule has 0 saturated carbocycles. The standard InChI is InChI=1S/C7H10NO3P.2Na/c8-7-3-1-6(2-4-7)5-12(9,10)11;;/h1-4H,5,8H2,(H2,9,10,11);;/q;2*+1/p-2. The van der Waals surface area contributed by atoms with Crippen LogP contribution in [0.2, 0.25) is 0 Å². The molecule has 0 radical (unpaired) electrons. The van der Waals surface area contributed by atoms with Crippen molar-refractivity contribution in [2.75, 3.05) is 5.73 Å². The van der Waals surface area contributed by atoms with Gasteiger partial charge in [-0.2, -0.15) is 0 Å². The predicted molar refractivity (Wildman–Crippen MR) is 42.2 cm³/mol. The Morgan fingerprint density at radius 2 is 1.57 bits per heavy atom. The first kappa shape index (κ1) is 17.6. The van der Waals surface area contributed by atoms with E-state index in [-0.39, 0.29) is 59.1 Å². The molecule has 7 heteroatoms. The van der Waals surface area contributed by atoms with Gasteiger partial charge < -0.3 is 20.1 Å². The minimum Gasteiger partial charge on any atom is -0.810 e. The quantitative estimate of drug-likeness (QED) is 0.311. The molecule has 4 nitrogen and oxygen atoms in total. The van der Waals surface area contributed by atoms with Crippen molar-refractivity contribution in [2.24, 2.45) is 0 Å². The largest absolute Gasteiger partial charge is 1.00 e. The molecule has 0 aromatic heterocycles. The number of benzene rings is 1. The van der Waals surface area contributed by atoms with Crippen LogP contribution >= 0.6 is 7.60 Å². The van der Waals surface area contributed by atoms with Gasteiger partial charge in [0.2, 0.25) is 0 Å². The molecule has 1 aromatic carbocycles. The molecule has 14 heavy (non-hydrogen) atoms. The molecule has 0 aliphatic rings. The summed E-state index contributed by atoms with van der Waals surface area (Å²) in [6.07, 6.45) is -0.451. The summed E-state index contributed by atoms with van der Waals surface area (Å²) in [4.78, 5) is 20.7. The van der Waals surface area contributed by atoms with Crippen molar-refractivity contribution in [1.29, 1.82) is 0 Å². The summed E-state index contributed by atoms with van der Waals surface area (Å²) in [6, 6.07) is 6.17. The zero-order chi connectivity index (χ0) is 9.19. The van der Waals surface area contributed by atoms with Crippen molar-refractivity contribution in [3.05, 3.63) is 29.8 Å². The maximum atomic E-state index is 10.3. The van der Waals surface area contributed by atoms with Crippen molar-refractivity contribution in [3.8, 4) is 0 Å². The third kappa shape index (κ3) is 7.46. The molecule has 2 N–H and O–H groups in total. The van der Waals surface area contributed by atoms with E-state index in [2.05, 4.69) is 0 Å². The molecule has 0 atom stereocenters. The number of nitrogens with two attached hydrogens (primary N) is 1. The first-order chi connectivity index (χ1) is 5.47. The van der Waals surface area contributed by atoms with Crippen molar-refractivity contribution >= 4 is 13.3 Å². The van der Waals surface area contributed by atoms with Crippen LogP contribution in [0.4, 0.5) is 5.69 Å². The van der Waals surface area contributed by atoms with Crippen LogP contribution in [0, 0.1) is 0 Å². The average Bonchev–Trinajstić information content (AvgIpc) is 1.91. The van der Waals surface area contributed by atoms with E-state index in [4.69, 9.17) is 5.73 Å². The van der Waals surface area contributed by atoms with Gasteiger partial charge >= 0.3 is 59.1 Å². The molecule has 0 aliphatic heterocycles.